The number of aryl methyl sites for hydroxylation is 1. The number of nitrogen functional groups attached to an aromatic ring is 1. The van der Waals surface area contributed by atoms with E-state index in [0.29, 0.717) is 58.2 Å². The summed E-state index contributed by atoms with van der Waals surface area (Å²) in [6.07, 6.45) is 6.62. The van der Waals surface area contributed by atoms with E-state index in [2.05, 4.69) is 35.1 Å². The Morgan fingerprint density at radius 2 is 1.94 bits per heavy atom. The summed E-state index contributed by atoms with van der Waals surface area (Å²) in [6.45, 7) is -0.565. The van der Waals surface area contributed by atoms with Gasteiger partial charge in [-0.25, -0.2) is 19.6 Å². The number of nitrogens with two attached hydrogens (primary N) is 1. The van der Waals surface area contributed by atoms with Crippen LogP contribution in [0.15, 0.2) is 49.1 Å². The standard InChI is InChI=1S/C23H23ClF2N8O2/c1-13(6-8-35-22-16(12-31-34(22)2)21-28-7-5-20(27)33-21)32-18-9-19(24)30-11-15(18)17-4-3-14(10-29-17)36-23(25)26/h3-5,7,9-13,23H,6,8H2,1-2H3,(H,30,32)(H2,27,28,33)/t13-/m0/s1. The van der Waals surface area contributed by atoms with Crippen LogP contribution in [0.1, 0.15) is 13.3 Å². The molecule has 0 amide bonds. The highest BCUT2D eigenvalue weighted by molar-refractivity contribution is 6.29. The minimum absolute atomic E-state index is 0.0335. The van der Waals surface area contributed by atoms with E-state index in [4.69, 9.17) is 22.1 Å². The van der Waals surface area contributed by atoms with E-state index in [1.807, 2.05) is 6.92 Å². The maximum absolute atomic E-state index is 12.4. The third-order valence-corrected chi connectivity index (χ3v) is 5.31. The van der Waals surface area contributed by atoms with Crippen LogP contribution in [0.4, 0.5) is 20.3 Å². The smallest absolute Gasteiger partial charge is 0.387 e. The zero-order valence-electron chi connectivity index (χ0n) is 19.4. The van der Waals surface area contributed by atoms with E-state index in [1.165, 1.54) is 12.3 Å². The molecule has 0 aromatic carbocycles. The second-order valence-electron chi connectivity index (χ2n) is 7.78. The molecule has 0 radical (unpaired) electrons. The first-order valence-corrected chi connectivity index (χ1v) is 11.2. The number of aromatic nitrogens is 6. The van der Waals surface area contributed by atoms with Gasteiger partial charge in [-0.2, -0.15) is 13.9 Å². The van der Waals surface area contributed by atoms with E-state index >= 15 is 0 Å². The molecule has 36 heavy (non-hydrogen) atoms. The normalized spacial score (nSPS) is 11.9. The second kappa shape index (κ2) is 11.1. The van der Waals surface area contributed by atoms with Crippen LogP contribution in [0.5, 0.6) is 11.6 Å². The maximum Gasteiger partial charge on any atom is 0.387 e. The number of hydrogen-bond donors (Lipinski definition) is 2. The molecule has 13 heteroatoms. The van der Waals surface area contributed by atoms with Crippen molar-refractivity contribution in [3.63, 3.8) is 0 Å². The summed E-state index contributed by atoms with van der Waals surface area (Å²) in [4.78, 5) is 16.8. The van der Waals surface area contributed by atoms with Crippen LogP contribution in [0.3, 0.4) is 0 Å². The number of alkyl halides is 2. The zero-order valence-corrected chi connectivity index (χ0v) is 20.2. The molecule has 0 saturated carbocycles. The van der Waals surface area contributed by atoms with Gasteiger partial charge in [0.25, 0.3) is 0 Å². The van der Waals surface area contributed by atoms with E-state index in [0.717, 1.165) is 0 Å². The molecule has 0 unspecified atom stereocenters. The van der Waals surface area contributed by atoms with Crippen LogP contribution in [0.2, 0.25) is 5.15 Å². The first-order valence-electron chi connectivity index (χ1n) is 10.9. The average molecular weight is 517 g/mol. The topological polar surface area (TPSA) is 126 Å². The molecular weight excluding hydrogens is 494 g/mol. The Morgan fingerprint density at radius 1 is 1.11 bits per heavy atom. The van der Waals surface area contributed by atoms with Gasteiger partial charge in [0, 0.05) is 43.2 Å². The minimum atomic E-state index is -2.92. The second-order valence-corrected chi connectivity index (χ2v) is 8.17. The van der Waals surface area contributed by atoms with Gasteiger partial charge in [-0.3, -0.25) is 4.98 Å². The summed E-state index contributed by atoms with van der Waals surface area (Å²) in [7, 11) is 1.77. The highest BCUT2D eigenvalue weighted by Gasteiger charge is 2.16. The molecule has 3 N–H and O–H groups in total. The molecule has 4 aromatic rings. The highest BCUT2D eigenvalue weighted by atomic mass is 35.5. The van der Waals surface area contributed by atoms with E-state index in [9.17, 15) is 8.78 Å². The zero-order chi connectivity index (χ0) is 25.7. The maximum atomic E-state index is 12.4. The molecule has 0 aliphatic rings. The van der Waals surface area contributed by atoms with Gasteiger partial charge in [-0.1, -0.05) is 11.6 Å². The summed E-state index contributed by atoms with van der Waals surface area (Å²) in [6, 6.07) is 6.23. The Bertz CT molecular complexity index is 1320. The van der Waals surface area contributed by atoms with Crippen LogP contribution >= 0.6 is 11.6 Å². The van der Waals surface area contributed by atoms with Crippen LogP contribution in [-0.4, -0.2) is 49.0 Å². The van der Waals surface area contributed by atoms with Gasteiger partial charge in [0.15, 0.2) is 5.82 Å². The van der Waals surface area contributed by atoms with Gasteiger partial charge in [0.05, 0.1) is 24.7 Å². The fraction of sp³-hybridized carbons (Fsp3) is 0.261. The Hall–Kier alpha value is -4.06. The van der Waals surface area contributed by atoms with Crippen molar-refractivity contribution < 1.29 is 18.3 Å². The Balaban J connectivity index is 1.42. The number of halogens is 3. The van der Waals surface area contributed by atoms with Crippen molar-refractivity contribution in [3.8, 4) is 34.3 Å². The lowest BCUT2D eigenvalue weighted by molar-refractivity contribution is -0.0500. The average Bonchev–Trinajstić information content (AvgIpc) is 3.20. The van der Waals surface area contributed by atoms with Crippen LogP contribution in [0, 0.1) is 0 Å². The van der Waals surface area contributed by atoms with Gasteiger partial charge in [-0.15, -0.1) is 0 Å². The lowest BCUT2D eigenvalue weighted by atomic mass is 10.1. The first kappa shape index (κ1) is 25.0. The molecule has 4 heterocycles. The van der Waals surface area contributed by atoms with Crippen molar-refractivity contribution in [1.82, 2.24) is 29.7 Å². The third-order valence-electron chi connectivity index (χ3n) is 5.10. The molecule has 4 rings (SSSR count). The number of anilines is 2. The van der Waals surface area contributed by atoms with Gasteiger partial charge < -0.3 is 20.5 Å². The van der Waals surface area contributed by atoms with Crippen LogP contribution in [-0.2, 0) is 7.05 Å². The fourth-order valence-electron chi connectivity index (χ4n) is 3.39. The summed E-state index contributed by atoms with van der Waals surface area (Å²) < 4.78 is 36.8. The molecule has 0 fully saturated rings. The highest BCUT2D eigenvalue weighted by Crippen LogP contribution is 2.30. The Kier molecular flexibility index (Phi) is 7.74. The summed E-state index contributed by atoms with van der Waals surface area (Å²) in [5.74, 6) is 1.27. The Morgan fingerprint density at radius 3 is 2.67 bits per heavy atom. The van der Waals surface area contributed by atoms with Crippen molar-refractivity contribution in [2.75, 3.05) is 17.7 Å². The fourth-order valence-corrected chi connectivity index (χ4v) is 3.55. The predicted molar refractivity (Wildman–Crippen MR) is 131 cm³/mol. The van der Waals surface area contributed by atoms with Crippen molar-refractivity contribution >= 4 is 23.1 Å². The number of rotatable bonds is 10. The van der Waals surface area contributed by atoms with Crippen molar-refractivity contribution in [2.24, 2.45) is 7.05 Å². The molecule has 0 saturated heterocycles. The van der Waals surface area contributed by atoms with Gasteiger partial charge in [0.1, 0.15) is 22.3 Å². The molecule has 1 atom stereocenters. The van der Waals surface area contributed by atoms with Crippen molar-refractivity contribution in [3.05, 3.63) is 54.2 Å². The molecule has 4 aromatic heterocycles. The number of ether oxygens (including phenoxy) is 2. The SMILES string of the molecule is C[C@@H](CCOc1c(-c2nccc(N)n2)cnn1C)Nc1cc(Cl)ncc1-c1ccc(OC(F)F)cn1. The van der Waals surface area contributed by atoms with Crippen LogP contribution < -0.4 is 20.5 Å². The molecule has 188 valence electrons. The monoisotopic (exact) mass is 516 g/mol. The molecule has 0 bridgehead atoms. The largest absolute Gasteiger partial charge is 0.477 e. The molecule has 10 nitrogen and oxygen atoms in total. The minimum Gasteiger partial charge on any atom is -0.477 e. The first-order chi connectivity index (χ1) is 17.3. The molecular formula is C23H23ClF2N8O2. The number of nitrogens with zero attached hydrogens (tertiary/aromatic N) is 6. The molecule has 0 spiro atoms. The van der Waals surface area contributed by atoms with E-state index in [-0.39, 0.29) is 11.8 Å². The number of nitrogens with one attached hydrogen (secondary N) is 1. The van der Waals surface area contributed by atoms with Gasteiger partial charge >= 0.3 is 6.61 Å². The molecule has 0 aliphatic carbocycles. The van der Waals surface area contributed by atoms with E-state index < -0.39 is 6.61 Å². The lowest BCUT2D eigenvalue weighted by Gasteiger charge is -2.18. The predicted octanol–water partition coefficient (Wildman–Crippen LogP) is 4.44. The molecule has 0 aliphatic heterocycles. The van der Waals surface area contributed by atoms with Gasteiger partial charge in [-0.05, 0) is 31.2 Å². The van der Waals surface area contributed by atoms with Gasteiger partial charge in [0.2, 0.25) is 5.88 Å². The van der Waals surface area contributed by atoms with Crippen molar-refractivity contribution in [2.45, 2.75) is 26.0 Å². The Labute approximate surface area is 210 Å². The number of hydrogen-bond acceptors (Lipinski definition) is 9. The van der Waals surface area contributed by atoms with Crippen LogP contribution in [0.25, 0.3) is 22.6 Å². The summed E-state index contributed by atoms with van der Waals surface area (Å²) >= 11 is 6.12. The van der Waals surface area contributed by atoms with E-state index in [1.54, 1.807) is 48.5 Å². The third kappa shape index (κ3) is 6.13. The summed E-state index contributed by atoms with van der Waals surface area (Å²) in [5.41, 5.74) is 8.28. The summed E-state index contributed by atoms with van der Waals surface area (Å²) in [5, 5.41) is 7.92. The number of pyridine rings is 2. The quantitative estimate of drug-likeness (QED) is 0.294. The lowest BCUT2D eigenvalue weighted by Crippen LogP contribution is -2.19. The van der Waals surface area contributed by atoms with Crippen molar-refractivity contribution in [1.29, 1.82) is 0 Å².